The van der Waals surface area contributed by atoms with E-state index < -0.39 is 0 Å². The predicted molar refractivity (Wildman–Crippen MR) is 95.0 cm³/mol. The number of halogens is 2. The van der Waals surface area contributed by atoms with Gasteiger partial charge in [0.05, 0.1) is 7.11 Å². The van der Waals surface area contributed by atoms with E-state index in [1.54, 1.807) is 7.11 Å². The maximum Gasteiger partial charge on any atom is 0.221 e. The summed E-state index contributed by atoms with van der Waals surface area (Å²) in [5.74, 6) is 0.799. The van der Waals surface area contributed by atoms with Crippen molar-refractivity contribution in [1.29, 1.82) is 0 Å². The number of ether oxygens (including phenoxy) is 1. The van der Waals surface area contributed by atoms with Gasteiger partial charge in [-0.2, -0.15) is 0 Å². The fraction of sp³-hybridized carbons (Fsp3) is 0.533. The Labute approximate surface area is 143 Å². The first-order valence-electron chi connectivity index (χ1n) is 6.89. The molecule has 0 heterocycles. The van der Waals surface area contributed by atoms with E-state index in [4.69, 9.17) is 4.74 Å². The van der Waals surface area contributed by atoms with Gasteiger partial charge in [-0.25, -0.2) is 0 Å². The first-order chi connectivity index (χ1) is 10.1. The number of nitrogens with zero attached hydrogens (tertiary/aromatic N) is 1. The minimum absolute atomic E-state index is 0.0636. The molecule has 0 radical (unpaired) electrons. The molecule has 1 N–H and O–H groups in total. The molecule has 0 bridgehead atoms. The van der Waals surface area contributed by atoms with Crippen molar-refractivity contribution in [3.8, 4) is 5.75 Å². The molecule has 0 saturated heterocycles. The maximum absolute atomic E-state index is 11.2. The lowest BCUT2D eigenvalue weighted by molar-refractivity contribution is -0.114. The van der Waals surface area contributed by atoms with Crippen LogP contribution in [-0.4, -0.2) is 48.2 Å². The lowest BCUT2D eigenvalue weighted by Crippen LogP contribution is -2.30. The Morgan fingerprint density at radius 1 is 1.24 bits per heavy atom. The van der Waals surface area contributed by atoms with Gasteiger partial charge >= 0.3 is 0 Å². The summed E-state index contributed by atoms with van der Waals surface area (Å²) in [6.07, 6.45) is 0.886. The van der Waals surface area contributed by atoms with Gasteiger partial charge in [0.1, 0.15) is 5.75 Å². The van der Waals surface area contributed by atoms with Crippen LogP contribution in [0.1, 0.15) is 12.5 Å². The number of nitrogens with one attached hydrogen (secondary N) is 1. The van der Waals surface area contributed by atoms with Crippen molar-refractivity contribution in [3.05, 3.63) is 23.8 Å². The maximum atomic E-state index is 11.2. The van der Waals surface area contributed by atoms with Gasteiger partial charge in [0, 0.05) is 42.9 Å². The summed E-state index contributed by atoms with van der Waals surface area (Å²) in [4.78, 5) is 13.5. The van der Waals surface area contributed by atoms with E-state index in [1.165, 1.54) is 6.92 Å². The number of alkyl halides is 2. The minimum Gasteiger partial charge on any atom is -0.496 e. The molecule has 0 unspecified atom stereocenters. The number of hydrogen-bond donors (Lipinski definition) is 1. The lowest BCUT2D eigenvalue weighted by Gasteiger charge is -2.21. The van der Waals surface area contributed by atoms with Crippen molar-refractivity contribution in [2.75, 3.05) is 42.7 Å². The Hall–Kier alpha value is -0.590. The standard InChI is InChI=1S/C15H22Br2N2O2/c1-12(20)18-14-3-4-15(21-2)13(11-14)5-8-19(9-6-16)10-7-17/h3-4,11H,5-10H2,1-2H3,(H,18,20). The van der Waals surface area contributed by atoms with Gasteiger partial charge < -0.3 is 15.0 Å². The van der Waals surface area contributed by atoms with Gasteiger partial charge in [0.2, 0.25) is 5.91 Å². The first-order valence-corrected chi connectivity index (χ1v) is 9.13. The topological polar surface area (TPSA) is 41.6 Å². The van der Waals surface area contributed by atoms with E-state index in [0.717, 1.165) is 53.7 Å². The summed E-state index contributed by atoms with van der Waals surface area (Å²) in [5.41, 5.74) is 1.92. The molecular weight excluding hydrogens is 400 g/mol. The Kier molecular flexibility index (Phi) is 8.96. The molecule has 0 aliphatic heterocycles. The highest BCUT2D eigenvalue weighted by atomic mass is 79.9. The molecule has 4 nitrogen and oxygen atoms in total. The van der Waals surface area contributed by atoms with Gasteiger partial charge in [-0.1, -0.05) is 31.9 Å². The second-order valence-corrected chi connectivity index (χ2v) is 6.26. The third-order valence-electron chi connectivity index (χ3n) is 3.10. The highest BCUT2D eigenvalue weighted by Gasteiger charge is 2.09. The Morgan fingerprint density at radius 2 is 1.90 bits per heavy atom. The van der Waals surface area contributed by atoms with Crippen LogP contribution in [0.2, 0.25) is 0 Å². The van der Waals surface area contributed by atoms with Crippen molar-refractivity contribution in [2.24, 2.45) is 0 Å². The smallest absolute Gasteiger partial charge is 0.221 e. The number of carbonyl (C=O) groups is 1. The monoisotopic (exact) mass is 420 g/mol. The molecule has 1 aromatic carbocycles. The number of carbonyl (C=O) groups excluding carboxylic acids is 1. The molecule has 21 heavy (non-hydrogen) atoms. The third-order valence-corrected chi connectivity index (χ3v) is 3.81. The van der Waals surface area contributed by atoms with Crippen LogP contribution >= 0.6 is 31.9 Å². The zero-order valence-electron chi connectivity index (χ0n) is 12.5. The second-order valence-electron chi connectivity index (χ2n) is 4.68. The van der Waals surface area contributed by atoms with Gasteiger partial charge in [-0.15, -0.1) is 0 Å². The van der Waals surface area contributed by atoms with Gasteiger partial charge in [0.15, 0.2) is 0 Å². The molecule has 1 aromatic rings. The largest absolute Gasteiger partial charge is 0.496 e. The Bertz CT molecular complexity index is 449. The molecule has 0 aliphatic carbocycles. The molecule has 0 atom stereocenters. The SMILES string of the molecule is COc1ccc(NC(C)=O)cc1CCN(CCBr)CCBr. The van der Waals surface area contributed by atoms with Crippen molar-refractivity contribution >= 4 is 43.5 Å². The summed E-state index contributed by atoms with van der Waals surface area (Å²) in [7, 11) is 1.67. The molecule has 6 heteroatoms. The molecule has 0 fully saturated rings. The van der Waals surface area contributed by atoms with Crippen molar-refractivity contribution < 1.29 is 9.53 Å². The molecule has 0 aromatic heterocycles. The molecule has 1 amide bonds. The summed E-state index contributed by atoms with van der Waals surface area (Å²) in [5, 5.41) is 4.73. The fourth-order valence-corrected chi connectivity index (χ4v) is 3.11. The van der Waals surface area contributed by atoms with Crippen LogP contribution in [0.4, 0.5) is 5.69 Å². The van der Waals surface area contributed by atoms with E-state index in [2.05, 4.69) is 42.1 Å². The highest BCUT2D eigenvalue weighted by Crippen LogP contribution is 2.23. The van der Waals surface area contributed by atoms with E-state index in [-0.39, 0.29) is 5.91 Å². The number of amides is 1. The van der Waals surface area contributed by atoms with E-state index in [1.807, 2.05) is 18.2 Å². The average Bonchev–Trinajstić information content (AvgIpc) is 2.45. The van der Waals surface area contributed by atoms with Crippen molar-refractivity contribution in [3.63, 3.8) is 0 Å². The van der Waals surface area contributed by atoms with Gasteiger partial charge in [-0.05, 0) is 30.2 Å². The summed E-state index contributed by atoms with van der Waals surface area (Å²) in [6, 6.07) is 5.75. The number of benzene rings is 1. The highest BCUT2D eigenvalue weighted by molar-refractivity contribution is 9.09. The van der Waals surface area contributed by atoms with Crippen LogP contribution in [0.5, 0.6) is 5.75 Å². The van der Waals surface area contributed by atoms with E-state index in [9.17, 15) is 4.79 Å². The molecule has 0 saturated carbocycles. The number of anilines is 1. The number of methoxy groups -OCH3 is 1. The first kappa shape index (κ1) is 18.5. The summed E-state index contributed by atoms with van der Waals surface area (Å²) < 4.78 is 5.41. The molecule has 0 spiro atoms. The number of rotatable bonds is 9. The van der Waals surface area contributed by atoms with Gasteiger partial charge in [-0.3, -0.25) is 4.79 Å². The van der Waals surface area contributed by atoms with Crippen LogP contribution in [0.15, 0.2) is 18.2 Å². The lowest BCUT2D eigenvalue weighted by atomic mass is 10.1. The van der Waals surface area contributed by atoms with Crippen LogP contribution in [0.3, 0.4) is 0 Å². The van der Waals surface area contributed by atoms with Crippen molar-refractivity contribution in [1.82, 2.24) is 4.90 Å². The molecule has 0 aliphatic rings. The van der Waals surface area contributed by atoms with Crippen molar-refractivity contribution in [2.45, 2.75) is 13.3 Å². The minimum atomic E-state index is -0.0636. The van der Waals surface area contributed by atoms with Crippen LogP contribution in [0, 0.1) is 0 Å². The normalized spacial score (nSPS) is 10.7. The Morgan fingerprint density at radius 3 is 2.43 bits per heavy atom. The molecule has 1 rings (SSSR count). The predicted octanol–water partition coefficient (Wildman–Crippen LogP) is 3.29. The molecule has 118 valence electrons. The van der Waals surface area contributed by atoms with Crippen LogP contribution in [0.25, 0.3) is 0 Å². The quantitative estimate of drug-likeness (QED) is 0.622. The fourth-order valence-electron chi connectivity index (χ4n) is 2.11. The van der Waals surface area contributed by atoms with Crippen LogP contribution < -0.4 is 10.1 Å². The summed E-state index contributed by atoms with van der Waals surface area (Å²) >= 11 is 6.97. The van der Waals surface area contributed by atoms with E-state index in [0.29, 0.717) is 0 Å². The van der Waals surface area contributed by atoms with E-state index >= 15 is 0 Å². The Balaban J connectivity index is 2.76. The van der Waals surface area contributed by atoms with Crippen LogP contribution in [-0.2, 0) is 11.2 Å². The zero-order chi connectivity index (χ0) is 15.7. The third kappa shape index (κ3) is 6.80. The second kappa shape index (κ2) is 10.2. The molecular formula is C15H22Br2N2O2. The van der Waals surface area contributed by atoms with Gasteiger partial charge in [0.25, 0.3) is 0 Å². The summed E-state index contributed by atoms with van der Waals surface area (Å²) in [6.45, 7) is 4.49. The zero-order valence-corrected chi connectivity index (χ0v) is 15.7. The average molecular weight is 422 g/mol. The number of hydrogen-bond acceptors (Lipinski definition) is 3.